The number of aromatic nitrogens is 1. The zero-order valence-electron chi connectivity index (χ0n) is 13.5. The van der Waals surface area contributed by atoms with Crippen LogP contribution in [0.1, 0.15) is 21.6 Å². The molecule has 3 rings (SSSR count). The van der Waals surface area contributed by atoms with Gasteiger partial charge in [-0.2, -0.15) is 0 Å². The number of ether oxygens (including phenoxy) is 1. The number of aromatic carboxylic acids is 1. The first-order valence-corrected chi connectivity index (χ1v) is 7.75. The summed E-state index contributed by atoms with van der Waals surface area (Å²) in [6.07, 6.45) is 3.45. The second-order valence-electron chi connectivity index (χ2n) is 5.46. The van der Waals surface area contributed by atoms with Crippen molar-refractivity contribution in [2.75, 3.05) is 6.61 Å². The molecule has 0 bridgehead atoms. The molecule has 0 fully saturated rings. The molecule has 0 radical (unpaired) electrons. The average Bonchev–Trinajstić information content (AvgIpc) is 2.64. The highest BCUT2D eigenvalue weighted by atomic mass is 16.5. The Morgan fingerprint density at radius 1 is 1.00 bits per heavy atom. The fourth-order valence-corrected chi connectivity index (χ4v) is 2.45. The smallest absolute Gasteiger partial charge is 0.128 e. The molecule has 0 amide bonds. The summed E-state index contributed by atoms with van der Waals surface area (Å²) in [5, 5.41) is 22.3. The van der Waals surface area contributed by atoms with Crippen LogP contribution < -0.4 is 14.9 Å². The summed E-state index contributed by atoms with van der Waals surface area (Å²) in [6, 6.07) is 15.2. The molecule has 130 valence electrons. The number of fused-ring (bicyclic) bond motifs is 1. The van der Waals surface area contributed by atoms with E-state index in [0.29, 0.717) is 22.3 Å². The van der Waals surface area contributed by atoms with E-state index < -0.39 is 18.5 Å². The fourth-order valence-electron chi connectivity index (χ4n) is 2.45. The number of carbonyl (C=O) groups is 2. The molecule has 0 atom stereocenters. The van der Waals surface area contributed by atoms with Gasteiger partial charge in [-0.3, -0.25) is 0 Å². The minimum absolute atomic E-state index is 0.0845. The number of aliphatic carboxylic acids is 1. The molecule has 1 aromatic heterocycles. The quantitative estimate of drug-likeness (QED) is 0.656. The maximum absolute atomic E-state index is 11.4. The number of hydrogen-bond acceptors (Lipinski definition) is 6. The molecule has 0 saturated heterocycles. The van der Waals surface area contributed by atoms with Crippen molar-refractivity contribution in [2.45, 2.75) is 0 Å². The van der Waals surface area contributed by atoms with Crippen molar-refractivity contribution >= 4 is 35.0 Å². The molecule has 6 heteroatoms. The van der Waals surface area contributed by atoms with Crippen LogP contribution in [0.25, 0.3) is 23.1 Å². The molecule has 0 N–H and O–H groups in total. The Balaban J connectivity index is 1.84. The number of para-hydroxylation sites is 1. The van der Waals surface area contributed by atoms with Crippen molar-refractivity contribution in [2.24, 2.45) is 0 Å². The molecule has 0 aliphatic heterocycles. The molecule has 0 aliphatic rings. The largest absolute Gasteiger partial charge is 0.546 e. The van der Waals surface area contributed by atoms with Gasteiger partial charge < -0.3 is 24.5 Å². The second-order valence-corrected chi connectivity index (χ2v) is 5.46. The van der Waals surface area contributed by atoms with E-state index in [4.69, 9.17) is 4.74 Å². The highest BCUT2D eigenvalue weighted by molar-refractivity contribution is 6.02. The first-order chi connectivity index (χ1) is 12.5. The van der Waals surface area contributed by atoms with Crippen LogP contribution in [0.3, 0.4) is 0 Å². The maximum atomic E-state index is 11.4. The van der Waals surface area contributed by atoms with Crippen molar-refractivity contribution in [3.05, 3.63) is 71.4 Å². The van der Waals surface area contributed by atoms with Crippen LogP contribution in [-0.2, 0) is 4.79 Å². The number of hydrogen-bond donors (Lipinski definition) is 0. The first kappa shape index (κ1) is 17.2. The van der Waals surface area contributed by atoms with Crippen LogP contribution in [0.2, 0.25) is 0 Å². The number of carboxylic acid groups (broad SMARTS) is 2. The number of benzene rings is 2. The molecule has 2 aromatic carbocycles. The van der Waals surface area contributed by atoms with Crippen LogP contribution in [0.5, 0.6) is 5.75 Å². The zero-order chi connectivity index (χ0) is 18.5. The minimum atomic E-state index is -1.29. The Kier molecular flexibility index (Phi) is 4.94. The van der Waals surface area contributed by atoms with Crippen LogP contribution >= 0.6 is 0 Å². The first-order valence-electron chi connectivity index (χ1n) is 7.75. The van der Waals surface area contributed by atoms with E-state index in [1.54, 1.807) is 60.7 Å². The Morgan fingerprint density at radius 2 is 1.73 bits per heavy atom. The average molecular weight is 347 g/mol. The minimum Gasteiger partial charge on any atom is -0.546 e. The predicted molar refractivity (Wildman–Crippen MR) is 91.9 cm³/mol. The Bertz CT molecular complexity index is 993. The third-order valence-electron chi connectivity index (χ3n) is 3.64. The topological polar surface area (TPSA) is 102 Å². The van der Waals surface area contributed by atoms with Crippen LogP contribution in [0.15, 0.2) is 54.6 Å². The number of pyridine rings is 1. The van der Waals surface area contributed by atoms with Crippen LogP contribution in [0, 0.1) is 0 Å². The van der Waals surface area contributed by atoms with Crippen molar-refractivity contribution in [3.63, 3.8) is 0 Å². The molecule has 26 heavy (non-hydrogen) atoms. The molecule has 1 heterocycles. The van der Waals surface area contributed by atoms with Gasteiger partial charge in [0, 0.05) is 10.9 Å². The van der Waals surface area contributed by atoms with E-state index in [2.05, 4.69) is 4.98 Å². The maximum Gasteiger partial charge on any atom is 0.128 e. The lowest BCUT2D eigenvalue weighted by molar-refractivity contribution is -0.307. The van der Waals surface area contributed by atoms with Crippen LogP contribution in [0.4, 0.5) is 0 Å². The van der Waals surface area contributed by atoms with Gasteiger partial charge in [-0.15, -0.1) is 0 Å². The van der Waals surface area contributed by atoms with Crippen molar-refractivity contribution in [1.82, 2.24) is 4.98 Å². The third-order valence-corrected chi connectivity index (χ3v) is 3.64. The SMILES string of the molecule is O=C([O-])COc1ccc(/C=C/c2cc(C(=O)[O-])c3ccccc3n2)cc1. The summed E-state index contributed by atoms with van der Waals surface area (Å²) < 4.78 is 5.00. The van der Waals surface area contributed by atoms with E-state index >= 15 is 0 Å². The van der Waals surface area contributed by atoms with Gasteiger partial charge in [0.25, 0.3) is 0 Å². The summed E-state index contributed by atoms with van der Waals surface area (Å²) >= 11 is 0. The molecule has 0 spiro atoms. The van der Waals surface area contributed by atoms with Gasteiger partial charge in [-0.1, -0.05) is 36.4 Å². The summed E-state index contributed by atoms with van der Waals surface area (Å²) in [5.41, 5.74) is 1.96. The van der Waals surface area contributed by atoms with E-state index in [1.807, 2.05) is 0 Å². The van der Waals surface area contributed by atoms with E-state index in [9.17, 15) is 19.8 Å². The summed E-state index contributed by atoms with van der Waals surface area (Å²) in [5.74, 6) is -2.14. The van der Waals surface area contributed by atoms with Gasteiger partial charge >= 0.3 is 0 Å². The van der Waals surface area contributed by atoms with E-state index in [1.165, 1.54) is 6.07 Å². The predicted octanol–water partition coefficient (Wildman–Crippen LogP) is 0.897. The van der Waals surface area contributed by atoms with Crippen molar-refractivity contribution in [3.8, 4) is 5.75 Å². The number of carbonyl (C=O) groups excluding carboxylic acids is 2. The molecule has 0 unspecified atom stereocenters. The highest BCUT2D eigenvalue weighted by Gasteiger charge is 2.05. The zero-order valence-corrected chi connectivity index (χ0v) is 13.5. The van der Waals surface area contributed by atoms with Gasteiger partial charge in [0.05, 0.1) is 23.1 Å². The highest BCUT2D eigenvalue weighted by Crippen LogP contribution is 2.20. The molecule has 0 saturated carbocycles. The lowest BCUT2D eigenvalue weighted by Crippen LogP contribution is -2.28. The number of rotatable bonds is 6. The molecule has 6 nitrogen and oxygen atoms in total. The Morgan fingerprint density at radius 3 is 2.42 bits per heavy atom. The van der Waals surface area contributed by atoms with Gasteiger partial charge in [-0.25, -0.2) is 4.98 Å². The molecular formula is C20H13NO5-2. The monoisotopic (exact) mass is 347 g/mol. The molecule has 0 aliphatic carbocycles. The number of carboxylic acids is 2. The Labute approximate surface area is 149 Å². The summed E-state index contributed by atoms with van der Waals surface area (Å²) in [7, 11) is 0. The lowest BCUT2D eigenvalue weighted by Gasteiger charge is -2.08. The summed E-state index contributed by atoms with van der Waals surface area (Å²) in [4.78, 5) is 26.2. The van der Waals surface area contributed by atoms with Gasteiger partial charge in [-0.05, 0) is 35.9 Å². The summed E-state index contributed by atoms with van der Waals surface area (Å²) in [6.45, 7) is -0.512. The van der Waals surface area contributed by atoms with Gasteiger partial charge in [0.2, 0.25) is 0 Å². The molecule has 3 aromatic rings. The second kappa shape index (κ2) is 7.48. The van der Waals surface area contributed by atoms with Gasteiger partial charge in [0.1, 0.15) is 12.4 Å². The third kappa shape index (κ3) is 4.05. The molecular weight excluding hydrogens is 334 g/mol. The van der Waals surface area contributed by atoms with Crippen molar-refractivity contribution < 1.29 is 24.5 Å². The Hall–Kier alpha value is -3.67. The number of nitrogens with zero attached hydrogens (tertiary/aromatic N) is 1. The van der Waals surface area contributed by atoms with Crippen molar-refractivity contribution in [1.29, 1.82) is 0 Å². The van der Waals surface area contributed by atoms with E-state index in [0.717, 1.165) is 5.56 Å². The normalized spacial score (nSPS) is 10.9. The van der Waals surface area contributed by atoms with Crippen LogP contribution in [-0.4, -0.2) is 23.5 Å². The van der Waals surface area contributed by atoms with Gasteiger partial charge in [0.15, 0.2) is 0 Å². The fraction of sp³-hybridized carbons (Fsp3) is 0.0500. The standard InChI is InChI=1S/C20H15NO5/c22-19(23)12-26-15-9-6-13(7-10-15)5-8-14-11-17(20(24)25)16-3-1-2-4-18(16)21-14/h1-11H,12H2,(H,22,23)(H,24,25)/p-2/b8-5+. The lowest BCUT2D eigenvalue weighted by atomic mass is 10.1. The van der Waals surface area contributed by atoms with E-state index in [-0.39, 0.29) is 5.56 Å².